The standard InChI is InChI=1S/C30H27N3O2/c34-28(20-31-30(35)23-14-13-21-7-1-2-8-22(21)19-23)32-15-17-33(18-16-32)29-26-11-5-3-9-24(26)25-10-4-6-12-27(25)29/h1-14,19,29H,15-18,20H2,(H,31,35). The smallest absolute Gasteiger partial charge is 0.251 e. The van der Waals surface area contributed by atoms with E-state index in [1.807, 2.05) is 41.3 Å². The molecule has 0 saturated carbocycles. The summed E-state index contributed by atoms with van der Waals surface area (Å²) in [7, 11) is 0. The van der Waals surface area contributed by atoms with Crippen LogP contribution in [0.2, 0.25) is 0 Å². The number of hydrogen-bond acceptors (Lipinski definition) is 3. The number of carbonyl (C=O) groups is 2. The summed E-state index contributed by atoms with van der Waals surface area (Å²) >= 11 is 0. The zero-order valence-electron chi connectivity index (χ0n) is 19.5. The predicted octanol–water partition coefficient (Wildman–Crippen LogP) is 4.48. The highest BCUT2D eigenvalue weighted by Crippen LogP contribution is 2.46. The van der Waals surface area contributed by atoms with Crippen molar-refractivity contribution >= 4 is 22.6 Å². The molecular formula is C30H27N3O2. The van der Waals surface area contributed by atoms with Crippen molar-refractivity contribution in [2.24, 2.45) is 0 Å². The minimum Gasteiger partial charge on any atom is -0.343 e. The molecule has 0 aromatic heterocycles. The predicted molar refractivity (Wildman–Crippen MR) is 138 cm³/mol. The quantitative estimate of drug-likeness (QED) is 0.488. The fourth-order valence-electron chi connectivity index (χ4n) is 5.45. The van der Waals surface area contributed by atoms with E-state index >= 15 is 0 Å². The van der Waals surface area contributed by atoms with Crippen molar-refractivity contribution in [2.45, 2.75) is 6.04 Å². The average Bonchev–Trinajstić information content (AvgIpc) is 3.26. The normalized spacial score (nSPS) is 15.6. The summed E-state index contributed by atoms with van der Waals surface area (Å²) in [4.78, 5) is 29.8. The van der Waals surface area contributed by atoms with Crippen molar-refractivity contribution in [3.63, 3.8) is 0 Å². The van der Waals surface area contributed by atoms with Crippen LogP contribution in [0.4, 0.5) is 0 Å². The van der Waals surface area contributed by atoms with Gasteiger partial charge in [0, 0.05) is 31.7 Å². The van der Waals surface area contributed by atoms with Gasteiger partial charge < -0.3 is 10.2 Å². The van der Waals surface area contributed by atoms with Gasteiger partial charge in [0.25, 0.3) is 5.91 Å². The van der Waals surface area contributed by atoms with E-state index in [0.717, 1.165) is 23.9 Å². The molecule has 2 aliphatic rings. The molecule has 5 heteroatoms. The van der Waals surface area contributed by atoms with Crippen LogP contribution in [-0.2, 0) is 4.79 Å². The van der Waals surface area contributed by atoms with E-state index in [0.29, 0.717) is 18.7 Å². The Morgan fingerprint density at radius 3 is 2.00 bits per heavy atom. The maximum Gasteiger partial charge on any atom is 0.251 e. The Morgan fingerprint density at radius 1 is 0.714 bits per heavy atom. The van der Waals surface area contributed by atoms with Gasteiger partial charge in [-0.05, 0) is 45.2 Å². The van der Waals surface area contributed by atoms with E-state index in [4.69, 9.17) is 0 Å². The zero-order chi connectivity index (χ0) is 23.8. The van der Waals surface area contributed by atoms with Crippen LogP contribution in [0.5, 0.6) is 0 Å². The van der Waals surface area contributed by atoms with Crippen molar-refractivity contribution in [3.8, 4) is 11.1 Å². The number of hydrogen-bond donors (Lipinski definition) is 1. The van der Waals surface area contributed by atoms with Crippen LogP contribution in [0.3, 0.4) is 0 Å². The van der Waals surface area contributed by atoms with Crippen LogP contribution in [0.1, 0.15) is 27.5 Å². The first-order chi connectivity index (χ1) is 17.2. The van der Waals surface area contributed by atoms with Gasteiger partial charge in [0.05, 0.1) is 12.6 Å². The lowest BCUT2D eigenvalue weighted by atomic mass is 10.0. The zero-order valence-corrected chi connectivity index (χ0v) is 19.5. The van der Waals surface area contributed by atoms with Gasteiger partial charge in [-0.25, -0.2) is 0 Å². The molecule has 35 heavy (non-hydrogen) atoms. The lowest BCUT2D eigenvalue weighted by molar-refractivity contribution is -0.132. The molecule has 1 N–H and O–H groups in total. The van der Waals surface area contributed by atoms with Gasteiger partial charge in [-0.2, -0.15) is 0 Å². The number of nitrogens with zero attached hydrogens (tertiary/aromatic N) is 2. The first-order valence-electron chi connectivity index (χ1n) is 12.2. The summed E-state index contributed by atoms with van der Waals surface area (Å²) in [5, 5.41) is 4.91. The van der Waals surface area contributed by atoms with Crippen molar-refractivity contribution in [2.75, 3.05) is 32.7 Å². The molecule has 0 bridgehead atoms. The van der Waals surface area contributed by atoms with Gasteiger partial charge in [-0.1, -0.05) is 78.9 Å². The van der Waals surface area contributed by atoms with E-state index in [1.54, 1.807) is 6.07 Å². The van der Waals surface area contributed by atoms with Gasteiger partial charge in [0.15, 0.2) is 0 Å². The van der Waals surface area contributed by atoms with Crippen LogP contribution >= 0.6 is 0 Å². The number of rotatable bonds is 4. The molecule has 6 rings (SSSR count). The second kappa shape index (κ2) is 9.01. The maximum atomic E-state index is 12.9. The van der Waals surface area contributed by atoms with Crippen molar-refractivity contribution in [1.82, 2.24) is 15.1 Å². The number of fused-ring (bicyclic) bond motifs is 4. The van der Waals surface area contributed by atoms with Gasteiger partial charge in [0.2, 0.25) is 5.91 Å². The number of benzene rings is 4. The van der Waals surface area contributed by atoms with Gasteiger partial charge >= 0.3 is 0 Å². The molecule has 0 radical (unpaired) electrons. The summed E-state index contributed by atoms with van der Waals surface area (Å²) in [6.07, 6.45) is 0. The highest BCUT2D eigenvalue weighted by Gasteiger charge is 2.34. The summed E-state index contributed by atoms with van der Waals surface area (Å²) in [5.74, 6) is -0.257. The topological polar surface area (TPSA) is 52.7 Å². The Kier molecular flexibility index (Phi) is 5.55. The molecule has 1 heterocycles. The van der Waals surface area contributed by atoms with Crippen LogP contribution in [0, 0.1) is 0 Å². The molecule has 0 unspecified atom stereocenters. The molecule has 1 aliphatic heterocycles. The Bertz CT molecular complexity index is 1380. The second-order valence-corrected chi connectivity index (χ2v) is 9.24. The number of amides is 2. The lowest BCUT2D eigenvalue weighted by Crippen LogP contribution is -2.51. The fourth-order valence-corrected chi connectivity index (χ4v) is 5.45. The Morgan fingerprint density at radius 2 is 1.31 bits per heavy atom. The molecule has 1 aliphatic carbocycles. The summed E-state index contributed by atoms with van der Waals surface area (Å²) in [5.41, 5.74) is 5.87. The largest absolute Gasteiger partial charge is 0.343 e. The third-order valence-electron chi connectivity index (χ3n) is 7.24. The molecular weight excluding hydrogens is 434 g/mol. The summed E-state index contributed by atoms with van der Waals surface area (Å²) in [6, 6.07) is 31.0. The van der Waals surface area contributed by atoms with Crippen LogP contribution < -0.4 is 5.32 Å². The molecule has 0 spiro atoms. The molecule has 2 amide bonds. The van der Waals surface area contributed by atoms with Gasteiger partial charge in [-0.3, -0.25) is 14.5 Å². The van der Waals surface area contributed by atoms with Crippen LogP contribution in [-0.4, -0.2) is 54.3 Å². The Balaban J connectivity index is 1.08. The fraction of sp³-hybridized carbons (Fsp3) is 0.200. The molecule has 1 saturated heterocycles. The lowest BCUT2D eigenvalue weighted by Gasteiger charge is -2.38. The third kappa shape index (κ3) is 3.98. The minimum atomic E-state index is -0.220. The highest BCUT2D eigenvalue weighted by atomic mass is 16.2. The SMILES string of the molecule is O=C(NCC(=O)N1CCN(C2c3ccccc3-c3ccccc32)CC1)c1ccc2ccccc2c1. The van der Waals surface area contributed by atoms with Crippen molar-refractivity contribution in [1.29, 1.82) is 0 Å². The molecule has 1 fully saturated rings. The summed E-state index contributed by atoms with van der Waals surface area (Å²) < 4.78 is 0. The Hall–Kier alpha value is -3.96. The van der Waals surface area contributed by atoms with Crippen LogP contribution in [0.25, 0.3) is 21.9 Å². The average molecular weight is 462 g/mol. The minimum absolute atomic E-state index is 0.0146. The first kappa shape index (κ1) is 21.6. The molecule has 4 aromatic rings. The number of carbonyl (C=O) groups excluding carboxylic acids is 2. The van der Waals surface area contributed by atoms with E-state index in [2.05, 4.69) is 58.7 Å². The van der Waals surface area contributed by atoms with Gasteiger partial charge in [-0.15, -0.1) is 0 Å². The molecule has 174 valence electrons. The number of nitrogens with one attached hydrogen (secondary N) is 1. The van der Waals surface area contributed by atoms with Crippen molar-refractivity contribution in [3.05, 3.63) is 108 Å². The first-order valence-corrected chi connectivity index (χ1v) is 12.2. The molecule has 5 nitrogen and oxygen atoms in total. The molecule has 4 aromatic carbocycles. The summed E-state index contributed by atoms with van der Waals surface area (Å²) in [6.45, 7) is 2.94. The highest BCUT2D eigenvalue weighted by molar-refractivity contribution is 6.00. The monoisotopic (exact) mass is 461 g/mol. The van der Waals surface area contributed by atoms with E-state index in [-0.39, 0.29) is 24.4 Å². The van der Waals surface area contributed by atoms with Crippen molar-refractivity contribution < 1.29 is 9.59 Å². The number of piperazine rings is 1. The van der Waals surface area contributed by atoms with Crippen LogP contribution in [0.15, 0.2) is 91.0 Å². The second-order valence-electron chi connectivity index (χ2n) is 9.24. The van der Waals surface area contributed by atoms with E-state index < -0.39 is 0 Å². The van der Waals surface area contributed by atoms with E-state index in [1.165, 1.54) is 22.3 Å². The Labute approximate surface area is 205 Å². The van der Waals surface area contributed by atoms with Gasteiger partial charge in [0.1, 0.15) is 0 Å². The maximum absolute atomic E-state index is 12.9. The third-order valence-corrected chi connectivity index (χ3v) is 7.24. The molecule has 0 atom stereocenters. The van der Waals surface area contributed by atoms with E-state index in [9.17, 15) is 9.59 Å².